The second kappa shape index (κ2) is 6.89. The van der Waals surface area contributed by atoms with Gasteiger partial charge in [-0.1, -0.05) is 13.8 Å². The van der Waals surface area contributed by atoms with Crippen LogP contribution in [0.2, 0.25) is 0 Å². The average Bonchev–Trinajstić information content (AvgIpc) is 2.29. The number of carboxylic acids is 1. The van der Waals surface area contributed by atoms with Crippen molar-refractivity contribution in [3.63, 3.8) is 0 Å². The molecule has 0 amide bonds. The number of likely N-dealkylation sites (tertiary alicyclic amines) is 1. The summed E-state index contributed by atoms with van der Waals surface area (Å²) >= 11 is 0. The molecular weight excluding hydrogens is 202 g/mol. The number of aliphatic carboxylic acids is 1. The van der Waals surface area contributed by atoms with Gasteiger partial charge in [-0.05, 0) is 44.6 Å². The summed E-state index contributed by atoms with van der Waals surface area (Å²) in [4.78, 5) is 13.1. The Hall–Kier alpha value is -0.570. The van der Waals surface area contributed by atoms with Gasteiger partial charge in [0.2, 0.25) is 0 Å². The van der Waals surface area contributed by atoms with Crippen LogP contribution in [-0.4, -0.2) is 35.1 Å². The normalized spacial score (nSPS) is 22.6. The Balaban J connectivity index is 2.37. The lowest BCUT2D eigenvalue weighted by molar-refractivity contribution is -0.137. The Morgan fingerprint density at radius 2 is 2.12 bits per heavy atom. The zero-order valence-electron chi connectivity index (χ0n) is 10.6. The van der Waals surface area contributed by atoms with E-state index in [2.05, 4.69) is 18.7 Å². The lowest BCUT2D eigenvalue weighted by Gasteiger charge is -2.37. The minimum absolute atomic E-state index is 0.335. The molecule has 1 heterocycles. The topological polar surface area (TPSA) is 40.5 Å². The minimum atomic E-state index is -0.653. The smallest absolute Gasteiger partial charge is 0.303 e. The molecule has 1 aliphatic rings. The van der Waals surface area contributed by atoms with Crippen molar-refractivity contribution in [3.05, 3.63) is 0 Å². The van der Waals surface area contributed by atoms with E-state index in [9.17, 15) is 4.79 Å². The Morgan fingerprint density at radius 1 is 1.44 bits per heavy atom. The summed E-state index contributed by atoms with van der Waals surface area (Å²) in [5.41, 5.74) is 0. The molecule has 0 bridgehead atoms. The maximum atomic E-state index is 10.6. The highest BCUT2D eigenvalue weighted by Gasteiger charge is 2.24. The number of carbonyl (C=O) groups is 1. The van der Waals surface area contributed by atoms with E-state index >= 15 is 0 Å². The molecule has 3 nitrogen and oxygen atoms in total. The van der Waals surface area contributed by atoms with Gasteiger partial charge < -0.3 is 10.0 Å². The largest absolute Gasteiger partial charge is 0.481 e. The van der Waals surface area contributed by atoms with E-state index in [1.54, 1.807) is 0 Å². The van der Waals surface area contributed by atoms with E-state index in [1.807, 2.05) is 0 Å². The number of rotatable bonds is 6. The van der Waals surface area contributed by atoms with Crippen molar-refractivity contribution in [1.82, 2.24) is 4.90 Å². The van der Waals surface area contributed by atoms with E-state index < -0.39 is 5.97 Å². The summed E-state index contributed by atoms with van der Waals surface area (Å²) in [6.07, 6.45) is 6.06. The summed E-state index contributed by atoms with van der Waals surface area (Å²) in [5, 5.41) is 8.70. The Labute approximate surface area is 98.8 Å². The predicted octanol–water partition coefficient (Wildman–Crippen LogP) is 2.75. The first kappa shape index (κ1) is 13.5. The quantitative estimate of drug-likeness (QED) is 0.758. The van der Waals surface area contributed by atoms with E-state index in [0.717, 1.165) is 13.0 Å². The van der Waals surface area contributed by atoms with Crippen LogP contribution in [-0.2, 0) is 4.79 Å². The van der Waals surface area contributed by atoms with Crippen molar-refractivity contribution in [2.24, 2.45) is 5.92 Å². The molecule has 0 radical (unpaired) electrons. The van der Waals surface area contributed by atoms with E-state index in [4.69, 9.17) is 5.11 Å². The summed E-state index contributed by atoms with van der Waals surface area (Å²) in [6.45, 7) is 6.81. The molecule has 1 unspecified atom stereocenters. The molecule has 0 aromatic rings. The zero-order valence-corrected chi connectivity index (χ0v) is 10.6. The fraction of sp³-hybridized carbons (Fsp3) is 0.923. The standard InChI is InChI=1S/C13H25NO2/c1-3-12(4-2)14-9-5-6-11(10-14)7-8-13(15)16/h11-12H,3-10H2,1-2H3,(H,15,16). The van der Waals surface area contributed by atoms with Crippen LogP contribution < -0.4 is 0 Å². The molecule has 1 N–H and O–H groups in total. The van der Waals surface area contributed by atoms with Crippen LogP contribution in [0, 0.1) is 5.92 Å². The lowest BCUT2D eigenvalue weighted by Crippen LogP contribution is -2.42. The van der Waals surface area contributed by atoms with Gasteiger partial charge in [-0.25, -0.2) is 0 Å². The van der Waals surface area contributed by atoms with Gasteiger partial charge in [0.25, 0.3) is 0 Å². The monoisotopic (exact) mass is 227 g/mol. The summed E-state index contributed by atoms with van der Waals surface area (Å²) in [6, 6.07) is 0.702. The van der Waals surface area contributed by atoms with Crippen LogP contribution in [0.25, 0.3) is 0 Å². The third-order valence-corrected chi connectivity index (χ3v) is 3.78. The van der Waals surface area contributed by atoms with Crippen molar-refractivity contribution in [2.75, 3.05) is 13.1 Å². The van der Waals surface area contributed by atoms with Gasteiger partial charge in [0.15, 0.2) is 0 Å². The van der Waals surface area contributed by atoms with Gasteiger partial charge in [0, 0.05) is 19.0 Å². The van der Waals surface area contributed by atoms with Crippen LogP contribution in [0.3, 0.4) is 0 Å². The first-order valence-corrected chi connectivity index (χ1v) is 6.63. The highest BCUT2D eigenvalue weighted by atomic mass is 16.4. The van der Waals surface area contributed by atoms with Gasteiger partial charge in [-0.15, -0.1) is 0 Å². The maximum Gasteiger partial charge on any atom is 0.303 e. The second-order valence-electron chi connectivity index (χ2n) is 4.91. The Bertz CT molecular complexity index is 214. The molecule has 0 aromatic carbocycles. The molecule has 0 saturated carbocycles. The molecule has 1 aliphatic heterocycles. The number of piperidine rings is 1. The van der Waals surface area contributed by atoms with Gasteiger partial charge in [-0.2, -0.15) is 0 Å². The number of carboxylic acid groups (broad SMARTS) is 1. The van der Waals surface area contributed by atoms with E-state index in [0.29, 0.717) is 18.4 Å². The molecule has 94 valence electrons. The van der Waals surface area contributed by atoms with E-state index in [-0.39, 0.29) is 0 Å². The second-order valence-corrected chi connectivity index (χ2v) is 4.91. The maximum absolute atomic E-state index is 10.6. The van der Waals surface area contributed by atoms with Crippen LogP contribution in [0.4, 0.5) is 0 Å². The summed E-state index contributed by atoms with van der Waals surface area (Å²) in [7, 11) is 0. The van der Waals surface area contributed by atoms with Gasteiger partial charge in [0.05, 0.1) is 0 Å². The Morgan fingerprint density at radius 3 is 2.69 bits per heavy atom. The van der Waals surface area contributed by atoms with Crippen molar-refractivity contribution in [1.29, 1.82) is 0 Å². The lowest BCUT2D eigenvalue weighted by atomic mass is 9.92. The van der Waals surface area contributed by atoms with Crippen LogP contribution in [0.1, 0.15) is 52.4 Å². The predicted molar refractivity (Wildman–Crippen MR) is 65.5 cm³/mol. The van der Waals surface area contributed by atoms with Gasteiger partial charge in [0.1, 0.15) is 0 Å². The van der Waals surface area contributed by atoms with Gasteiger partial charge in [-0.3, -0.25) is 4.79 Å². The van der Waals surface area contributed by atoms with Crippen molar-refractivity contribution in [2.45, 2.75) is 58.4 Å². The van der Waals surface area contributed by atoms with Gasteiger partial charge >= 0.3 is 5.97 Å². The molecule has 0 aromatic heterocycles. The number of nitrogens with zero attached hydrogens (tertiary/aromatic N) is 1. The van der Waals surface area contributed by atoms with Crippen LogP contribution >= 0.6 is 0 Å². The molecule has 1 saturated heterocycles. The van der Waals surface area contributed by atoms with Crippen LogP contribution in [0.5, 0.6) is 0 Å². The summed E-state index contributed by atoms with van der Waals surface area (Å²) < 4.78 is 0. The van der Waals surface area contributed by atoms with Crippen molar-refractivity contribution < 1.29 is 9.90 Å². The highest BCUT2D eigenvalue weighted by Crippen LogP contribution is 2.24. The third kappa shape index (κ3) is 4.12. The average molecular weight is 227 g/mol. The SMILES string of the molecule is CCC(CC)N1CCCC(CCC(=O)O)C1. The molecule has 16 heavy (non-hydrogen) atoms. The first-order valence-electron chi connectivity index (χ1n) is 6.63. The summed E-state index contributed by atoms with van der Waals surface area (Å²) in [5.74, 6) is -0.0508. The highest BCUT2D eigenvalue weighted by molar-refractivity contribution is 5.66. The molecule has 1 rings (SSSR count). The zero-order chi connectivity index (χ0) is 12.0. The number of hydrogen-bond acceptors (Lipinski definition) is 2. The molecule has 3 heteroatoms. The third-order valence-electron chi connectivity index (χ3n) is 3.78. The first-order chi connectivity index (χ1) is 7.67. The fourth-order valence-electron chi connectivity index (χ4n) is 2.80. The van der Waals surface area contributed by atoms with Crippen molar-refractivity contribution >= 4 is 5.97 Å². The fourth-order valence-corrected chi connectivity index (χ4v) is 2.80. The minimum Gasteiger partial charge on any atom is -0.481 e. The van der Waals surface area contributed by atoms with Crippen molar-refractivity contribution in [3.8, 4) is 0 Å². The molecule has 1 fully saturated rings. The molecule has 1 atom stereocenters. The number of hydrogen-bond donors (Lipinski definition) is 1. The van der Waals surface area contributed by atoms with E-state index in [1.165, 1.54) is 32.2 Å². The molecule has 0 aliphatic carbocycles. The van der Waals surface area contributed by atoms with Crippen LogP contribution in [0.15, 0.2) is 0 Å². The Kier molecular flexibility index (Phi) is 5.81. The molecular formula is C13H25NO2. The molecule has 0 spiro atoms.